The van der Waals surface area contributed by atoms with Crippen molar-refractivity contribution in [2.75, 3.05) is 26.2 Å². The molecule has 0 fully saturated rings. The summed E-state index contributed by atoms with van der Waals surface area (Å²) in [5.74, 6) is 0. The normalized spacial score (nSPS) is 12.3. The van der Waals surface area contributed by atoms with Crippen LogP contribution in [0, 0.1) is 0 Å². The second-order valence-electron chi connectivity index (χ2n) is 4.82. The minimum atomic E-state index is -1.78. The molecule has 0 spiro atoms. The molecular weight excluding hydrogens is 279 g/mol. The number of hydrogen-bond acceptors (Lipinski definition) is 1. The van der Waals surface area contributed by atoms with Crippen LogP contribution in [-0.4, -0.2) is 38.3 Å². The first kappa shape index (κ1) is 16.5. The zero-order valence-electron chi connectivity index (χ0n) is 12.1. The molecule has 0 heterocycles. The second-order valence-corrected chi connectivity index (χ2v) is 9.41. The van der Waals surface area contributed by atoms with Crippen LogP contribution in [0.3, 0.4) is 0 Å². The average Bonchev–Trinajstić information content (AvgIpc) is 2.19. The van der Waals surface area contributed by atoms with Crippen molar-refractivity contribution in [3.8, 4) is 0 Å². The van der Waals surface area contributed by atoms with Crippen molar-refractivity contribution >= 4 is 0 Å². The number of nitrogens with zero attached hydrogens (tertiary/aromatic N) is 3. The Morgan fingerprint density at radius 3 is 1.31 bits per heavy atom. The SMILES string of the molecule is CC[N](CC)[Nb](=[N]C(C)(C)C)[N](CC)CC. The summed E-state index contributed by atoms with van der Waals surface area (Å²) in [5, 5.41) is 0. The molecule has 0 aromatic carbocycles. The van der Waals surface area contributed by atoms with Gasteiger partial charge in [-0.2, -0.15) is 0 Å². The minimum absolute atomic E-state index is 0.105. The molecule has 3 nitrogen and oxygen atoms in total. The molecule has 0 aliphatic rings. The van der Waals surface area contributed by atoms with Crippen molar-refractivity contribution in [3.05, 3.63) is 0 Å². The van der Waals surface area contributed by atoms with Gasteiger partial charge in [0.05, 0.1) is 0 Å². The third-order valence-corrected chi connectivity index (χ3v) is 9.54. The zero-order valence-corrected chi connectivity index (χ0v) is 14.3. The van der Waals surface area contributed by atoms with Gasteiger partial charge in [0.2, 0.25) is 0 Å². The van der Waals surface area contributed by atoms with E-state index in [1.165, 1.54) is 0 Å². The van der Waals surface area contributed by atoms with Crippen molar-refractivity contribution in [1.29, 1.82) is 0 Å². The first-order valence-electron chi connectivity index (χ1n) is 6.42. The molecule has 0 radical (unpaired) electrons. The molecule has 0 aliphatic heterocycles. The van der Waals surface area contributed by atoms with E-state index in [0.29, 0.717) is 0 Å². The van der Waals surface area contributed by atoms with Gasteiger partial charge in [0.1, 0.15) is 0 Å². The van der Waals surface area contributed by atoms with Crippen LogP contribution >= 0.6 is 0 Å². The maximum absolute atomic E-state index is 5.13. The Kier molecular flexibility index (Phi) is 7.94. The monoisotopic (exact) mass is 308 g/mol. The second kappa shape index (κ2) is 7.72. The van der Waals surface area contributed by atoms with Crippen LogP contribution in [0.4, 0.5) is 0 Å². The molecule has 0 aromatic heterocycles. The summed E-state index contributed by atoms with van der Waals surface area (Å²) in [6.07, 6.45) is 0. The molecule has 0 rings (SSSR count). The van der Waals surface area contributed by atoms with Gasteiger partial charge in [-0.3, -0.25) is 0 Å². The molecular formula is C12H29N3Nb. The van der Waals surface area contributed by atoms with Crippen LogP contribution < -0.4 is 0 Å². The molecule has 97 valence electrons. The van der Waals surface area contributed by atoms with E-state index in [9.17, 15) is 0 Å². The van der Waals surface area contributed by atoms with E-state index >= 15 is 0 Å². The van der Waals surface area contributed by atoms with Crippen LogP contribution in [-0.2, 0) is 18.8 Å². The molecule has 0 saturated carbocycles. The van der Waals surface area contributed by atoms with Crippen LogP contribution in [0.25, 0.3) is 0 Å². The van der Waals surface area contributed by atoms with Crippen molar-refractivity contribution in [2.24, 2.45) is 3.34 Å². The molecule has 0 amide bonds. The fourth-order valence-electron chi connectivity index (χ4n) is 1.53. The fourth-order valence-corrected chi connectivity index (χ4v) is 6.83. The summed E-state index contributed by atoms with van der Waals surface area (Å²) < 4.78 is 10.3. The topological polar surface area (TPSA) is 18.8 Å². The molecule has 16 heavy (non-hydrogen) atoms. The Hall–Kier alpha value is 0.460. The Morgan fingerprint density at radius 2 is 1.12 bits per heavy atom. The molecule has 4 heteroatoms. The van der Waals surface area contributed by atoms with E-state index in [0.717, 1.165) is 26.2 Å². The van der Waals surface area contributed by atoms with Crippen LogP contribution in [0.15, 0.2) is 3.34 Å². The Bertz CT molecular complexity index is 199. The van der Waals surface area contributed by atoms with Gasteiger partial charge in [0.25, 0.3) is 0 Å². The predicted octanol–water partition coefficient (Wildman–Crippen LogP) is 3.10. The summed E-state index contributed by atoms with van der Waals surface area (Å²) >= 11 is -1.78. The number of rotatable bonds is 6. The third-order valence-electron chi connectivity index (χ3n) is 2.36. The van der Waals surface area contributed by atoms with E-state index in [1.54, 1.807) is 0 Å². The Balaban J connectivity index is 5.10. The van der Waals surface area contributed by atoms with E-state index < -0.39 is 18.8 Å². The molecule has 0 bridgehead atoms. The molecule has 0 atom stereocenters. The van der Waals surface area contributed by atoms with Gasteiger partial charge in [-0.1, -0.05) is 0 Å². The standard InChI is InChI=1S/C4H9N.2C4H10N.Nb/c1-4(2,3)5;2*1-3-5-4-2;/h1-3H3;2*3-4H2,1-2H3;/q;2*-1;+2. The van der Waals surface area contributed by atoms with Crippen LogP contribution in [0.1, 0.15) is 48.5 Å². The summed E-state index contributed by atoms with van der Waals surface area (Å²) in [7, 11) is 0. The van der Waals surface area contributed by atoms with Gasteiger partial charge in [-0.25, -0.2) is 0 Å². The van der Waals surface area contributed by atoms with Gasteiger partial charge in [-0.05, 0) is 0 Å². The average molecular weight is 308 g/mol. The van der Waals surface area contributed by atoms with Gasteiger partial charge >= 0.3 is 109 Å². The van der Waals surface area contributed by atoms with E-state index in [4.69, 9.17) is 3.34 Å². The Morgan fingerprint density at radius 1 is 0.812 bits per heavy atom. The van der Waals surface area contributed by atoms with E-state index in [-0.39, 0.29) is 5.54 Å². The molecule has 0 aromatic rings. The first-order valence-corrected chi connectivity index (χ1v) is 9.37. The summed E-state index contributed by atoms with van der Waals surface area (Å²) in [6, 6.07) is 0. The van der Waals surface area contributed by atoms with E-state index in [2.05, 4.69) is 55.1 Å². The van der Waals surface area contributed by atoms with Crippen LogP contribution in [0.5, 0.6) is 0 Å². The molecule has 0 saturated heterocycles. The fraction of sp³-hybridized carbons (Fsp3) is 1.00. The van der Waals surface area contributed by atoms with Crippen molar-refractivity contribution in [2.45, 2.75) is 54.0 Å². The number of hydrogen-bond donors (Lipinski definition) is 0. The third kappa shape index (κ3) is 5.69. The Labute approximate surface area is 109 Å². The molecule has 0 N–H and O–H groups in total. The van der Waals surface area contributed by atoms with Gasteiger partial charge < -0.3 is 0 Å². The van der Waals surface area contributed by atoms with Crippen molar-refractivity contribution in [3.63, 3.8) is 0 Å². The maximum atomic E-state index is 5.13. The quantitative estimate of drug-likeness (QED) is 0.702. The van der Waals surface area contributed by atoms with E-state index in [1.807, 2.05) is 0 Å². The van der Waals surface area contributed by atoms with Gasteiger partial charge in [0.15, 0.2) is 0 Å². The summed E-state index contributed by atoms with van der Waals surface area (Å²) in [6.45, 7) is 20.2. The van der Waals surface area contributed by atoms with Crippen molar-refractivity contribution < 1.29 is 18.8 Å². The predicted molar refractivity (Wildman–Crippen MR) is 68.0 cm³/mol. The van der Waals surface area contributed by atoms with Gasteiger partial charge in [0, 0.05) is 0 Å². The van der Waals surface area contributed by atoms with Gasteiger partial charge in [-0.15, -0.1) is 0 Å². The zero-order chi connectivity index (χ0) is 12.8. The summed E-state index contributed by atoms with van der Waals surface area (Å²) in [5.41, 5.74) is 0.105. The molecule has 0 unspecified atom stereocenters. The van der Waals surface area contributed by atoms with Crippen molar-refractivity contribution in [1.82, 2.24) is 6.61 Å². The summed E-state index contributed by atoms with van der Waals surface area (Å²) in [4.78, 5) is 0. The first-order chi connectivity index (χ1) is 7.39. The molecule has 0 aliphatic carbocycles. The van der Waals surface area contributed by atoms with Crippen LogP contribution in [0.2, 0.25) is 0 Å².